The van der Waals surface area contributed by atoms with Crippen LogP contribution in [0.4, 0.5) is 11.4 Å². The fraction of sp³-hybridized carbons (Fsp3) is 0.235. The molecule has 140 valence electrons. The van der Waals surface area contributed by atoms with Crippen LogP contribution in [0.1, 0.15) is 6.92 Å². The maximum atomic E-state index is 12.5. The van der Waals surface area contributed by atoms with Crippen molar-refractivity contribution in [3.05, 3.63) is 52.5 Å². The zero-order valence-corrected chi connectivity index (χ0v) is 17.3. The van der Waals surface area contributed by atoms with Crippen LogP contribution in [0.2, 0.25) is 10.0 Å². The molecule has 9 heteroatoms. The first kappa shape index (κ1) is 20.9. The third-order valence-electron chi connectivity index (χ3n) is 3.33. The third-order valence-corrected chi connectivity index (χ3v) is 5.96. The monoisotopic (exact) mass is 432 g/mol. The van der Waals surface area contributed by atoms with E-state index in [9.17, 15) is 13.2 Å². The molecule has 0 aromatic heterocycles. The lowest BCUT2D eigenvalue weighted by atomic mass is 10.3. The first-order valence-electron chi connectivity index (χ1n) is 7.66. The predicted octanol–water partition coefficient (Wildman–Crippen LogP) is 4.51. The van der Waals surface area contributed by atoms with Crippen LogP contribution in [0, 0.1) is 0 Å². The quantitative estimate of drug-likeness (QED) is 0.653. The number of thioether (sulfide) groups is 1. The lowest BCUT2D eigenvalue weighted by Gasteiger charge is -2.23. The number of carbonyl (C=O) groups excluding carboxylic acids is 1. The highest BCUT2D eigenvalue weighted by atomic mass is 35.5. The van der Waals surface area contributed by atoms with Gasteiger partial charge in [-0.15, -0.1) is 11.8 Å². The average molecular weight is 433 g/mol. The Hall–Kier alpha value is -1.41. The van der Waals surface area contributed by atoms with Gasteiger partial charge in [-0.1, -0.05) is 42.3 Å². The summed E-state index contributed by atoms with van der Waals surface area (Å²) in [5.41, 5.74) is 0.794. The molecule has 0 aliphatic heterocycles. The highest BCUT2D eigenvalue weighted by Gasteiger charge is 2.23. The van der Waals surface area contributed by atoms with E-state index in [-0.39, 0.29) is 10.7 Å². The highest BCUT2D eigenvalue weighted by Crippen LogP contribution is 2.31. The maximum absolute atomic E-state index is 12.5. The van der Waals surface area contributed by atoms with Gasteiger partial charge in [0, 0.05) is 9.92 Å². The summed E-state index contributed by atoms with van der Waals surface area (Å²) in [5, 5.41) is 3.27. The van der Waals surface area contributed by atoms with Gasteiger partial charge in [-0.05, 0) is 36.1 Å². The molecular formula is C17H18Cl2N2O3S2. The number of nitrogens with zero attached hydrogens (tertiary/aromatic N) is 1. The minimum atomic E-state index is -3.74. The fourth-order valence-corrected chi connectivity index (χ4v) is 4.29. The second-order valence-electron chi connectivity index (χ2n) is 5.34. The normalized spacial score (nSPS) is 11.2. The van der Waals surface area contributed by atoms with Crippen LogP contribution in [0.25, 0.3) is 0 Å². The minimum Gasteiger partial charge on any atom is -0.323 e. The molecule has 2 rings (SSSR count). The molecule has 0 fully saturated rings. The first-order chi connectivity index (χ1) is 12.2. The van der Waals surface area contributed by atoms with E-state index >= 15 is 0 Å². The Balaban J connectivity index is 2.27. The van der Waals surface area contributed by atoms with Gasteiger partial charge < -0.3 is 5.32 Å². The lowest BCUT2D eigenvalue weighted by Crippen LogP contribution is -2.37. The van der Waals surface area contributed by atoms with Crippen molar-refractivity contribution in [3.8, 4) is 0 Å². The van der Waals surface area contributed by atoms with E-state index in [0.29, 0.717) is 10.7 Å². The molecule has 0 unspecified atom stereocenters. The van der Waals surface area contributed by atoms with Crippen LogP contribution in [0.15, 0.2) is 47.4 Å². The lowest BCUT2D eigenvalue weighted by molar-refractivity contribution is -0.114. The van der Waals surface area contributed by atoms with Crippen molar-refractivity contribution < 1.29 is 13.2 Å². The molecule has 0 spiro atoms. The average Bonchev–Trinajstić information content (AvgIpc) is 2.56. The zero-order chi connectivity index (χ0) is 19.3. The number of hydrogen-bond acceptors (Lipinski definition) is 4. The molecular weight excluding hydrogens is 415 g/mol. The Morgan fingerprint density at radius 3 is 2.54 bits per heavy atom. The van der Waals surface area contributed by atoms with Crippen molar-refractivity contribution in [1.82, 2.24) is 0 Å². The largest absolute Gasteiger partial charge is 0.323 e. The van der Waals surface area contributed by atoms with E-state index < -0.39 is 22.5 Å². The summed E-state index contributed by atoms with van der Waals surface area (Å²) in [7, 11) is -3.74. The van der Waals surface area contributed by atoms with Gasteiger partial charge >= 0.3 is 0 Å². The molecule has 0 heterocycles. The van der Waals surface area contributed by atoms with Crippen LogP contribution in [0.3, 0.4) is 0 Å². The molecule has 0 aliphatic rings. The van der Waals surface area contributed by atoms with Gasteiger partial charge in [-0.25, -0.2) is 8.42 Å². The van der Waals surface area contributed by atoms with Gasteiger partial charge in [-0.2, -0.15) is 0 Å². The number of halogens is 2. The Bertz CT molecular complexity index is 905. The van der Waals surface area contributed by atoms with E-state index in [2.05, 4.69) is 5.32 Å². The van der Waals surface area contributed by atoms with Gasteiger partial charge in [-0.3, -0.25) is 9.10 Å². The van der Waals surface area contributed by atoms with E-state index in [0.717, 1.165) is 21.2 Å². The predicted molar refractivity (Wildman–Crippen MR) is 110 cm³/mol. The van der Waals surface area contributed by atoms with Crippen molar-refractivity contribution >= 4 is 62.3 Å². The summed E-state index contributed by atoms with van der Waals surface area (Å²) in [4.78, 5) is 13.4. The van der Waals surface area contributed by atoms with Crippen LogP contribution in [-0.2, 0) is 14.8 Å². The SMILES string of the molecule is CCSc1ccccc1NC(=O)CN(c1cc(Cl)ccc1Cl)S(C)(=O)=O. The summed E-state index contributed by atoms with van der Waals surface area (Å²) in [5.74, 6) is 0.371. The van der Waals surface area contributed by atoms with Crippen molar-refractivity contribution in [2.45, 2.75) is 11.8 Å². The van der Waals surface area contributed by atoms with E-state index in [1.165, 1.54) is 12.1 Å². The Morgan fingerprint density at radius 2 is 1.88 bits per heavy atom. The Labute approximate surface area is 167 Å². The molecule has 0 aliphatic carbocycles. The van der Waals surface area contributed by atoms with Crippen LogP contribution >= 0.6 is 35.0 Å². The molecule has 0 atom stereocenters. The summed E-state index contributed by atoms with van der Waals surface area (Å²) in [6, 6.07) is 11.8. The number of sulfonamides is 1. The topological polar surface area (TPSA) is 66.5 Å². The van der Waals surface area contributed by atoms with E-state index in [1.807, 2.05) is 19.1 Å². The van der Waals surface area contributed by atoms with Crippen LogP contribution in [-0.4, -0.2) is 32.9 Å². The Kier molecular flexibility index (Phi) is 7.23. The number of rotatable bonds is 7. The number of para-hydroxylation sites is 1. The summed E-state index contributed by atoms with van der Waals surface area (Å²) in [6.07, 6.45) is 1.01. The Morgan fingerprint density at radius 1 is 1.19 bits per heavy atom. The van der Waals surface area contributed by atoms with E-state index in [4.69, 9.17) is 23.2 Å². The number of anilines is 2. The number of carbonyl (C=O) groups is 1. The zero-order valence-electron chi connectivity index (χ0n) is 14.2. The summed E-state index contributed by atoms with van der Waals surface area (Å²) in [6.45, 7) is 1.60. The molecule has 0 saturated heterocycles. The molecule has 2 aromatic rings. The van der Waals surface area contributed by atoms with Crippen LogP contribution in [0.5, 0.6) is 0 Å². The molecule has 1 amide bonds. The number of nitrogens with one attached hydrogen (secondary N) is 1. The van der Waals surface area contributed by atoms with Gasteiger partial charge in [0.1, 0.15) is 6.54 Å². The molecule has 1 N–H and O–H groups in total. The second-order valence-corrected chi connectivity index (χ2v) is 9.40. The van der Waals surface area contributed by atoms with Gasteiger partial charge in [0.15, 0.2) is 0 Å². The van der Waals surface area contributed by atoms with E-state index in [1.54, 1.807) is 30.0 Å². The molecule has 0 bridgehead atoms. The van der Waals surface area contributed by atoms with Crippen molar-refractivity contribution in [3.63, 3.8) is 0 Å². The third kappa shape index (κ3) is 5.54. The molecule has 5 nitrogen and oxygen atoms in total. The molecule has 0 saturated carbocycles. The second kappa shape index (κ2) is 8.99. The van der Waals surface area contributed by atoms with Crippen molar-refractivity contribution in [1.29, 1.82) is 0 Å². The van der Waals surface area contributed by atoms with Crippen LogP contribution < -0.4 is 9.62 Å². The van der Waals surface area contributed by atoms with Crippen molar-refractivity contribution in [2.75, 3.05) is 28.2 Å². The number of benzene rings is 2. The standard InChI is InChI=1S/C17H18Cl2N2O3S2/c1-3-25-16-7-5-4-6-14(16)20-17(22)11-21(26(2,23)24)15-10-12(18)8-9-13(15)19/h4-10H,3,11H2,1-2H3,(H,20,22). The van der Waals surface area contributed by atoms with Gasteiger partial charge in [0.2, 0.25) is 15.9 Å². The van der Waals surface area contributed by atoms with Gasteiger partial charge in [0.05, 0.1) is 22.7 Å². The fourth-order valence-electron chi connectivity index (χ4n) is 2.23. The summed E-state index contributed by atoms with van der Waals surface area (Å²) >= 11 is 13.6. The summed E-state index contributed by atoms with van der Waals surface area (Å²) < 4.78 is 25.3. The smallest absolute Gasteiger partial charge is 0.245 e. The molecule has 0 radical (unpaired) electrons. The highest BCUT2D eigenvalue weighted by molar-refractivity contribution is 7.99. The maximum Gasteiger partial charge on any atom is 0.245 e. The molecule has 26 heavy (non-hydrogen) atoms. The van der Waals surface area contributed by atoms with Crippen molar-refractivity contribution in [2.24, 2.45) is 0 Å². The molecule has 2 aromatic carbocycles. The van der Waals surface area contributed by atoms with Gasteiger partial charge in [0.25, 0.3) is 0 Å². The first-order valence-corrected chi connectivity index (χ1v) is 11.3. The minimum absolute atomic E-state index is 0.160. The number of hydrogen-bond donors (Lipinski definition) is 1. The number of amides is 1.